The van der Waals surface area contributed by atoms with Crippen molar-refractivity contribution >= 4 is 15.9 Å². The van der Waals surface area contributed by atoms with Gasteiger partial charge in [-0.15, -0.1) is 0 Å². The van der Waals surface area contributed by atoms with Crippen LogP contribution in [0.1, 0.15) is 30.9 Å². The summed E-state index contributed by atoms with van der Waals surface area (Å²) in [5, 5.41) is 10.8. The third kappa shape index (κ3) is 7.71. The van der Waals surface area contributed by atoms with Gasteiger partial charge in [-0.25, -0.2) is 12.8 Å². The number of nitrogens with one attached hydrogen (secondary N) is 1. The zero-order valence-electron chi connectivity index (χ0n) is 20.3. The summed E-state index contributed by atoms with van der Waals surface area (Å²) in [6.07, 6.45) is 2.44. The first kappa shape index (κ1) is 27.0. The third-order valence-corrected chi connectivity index (χ3v) is 6.04. The number of sulfonamides is 1. The van der Waals surface area contributed by atoms with E-state index in [1.165, 1.54) is 12.1 Å². The Balaban J connectivity index is 1.53. The molecule has 0 unspecified atom stereocenters. The topological polar surface area (TPSA) is 102 Å². The summed E-state index contributed by atoms with van der Waals surface area (Å²) in [5.74, 6) is 0.419. The Hall–Kier alpha value is -3.59. The van der Waals surface area contributed by atoms with Crippen LogP contribution in [-0.2, 0) is 27.7 Å². The molecule has 7 nitrogen and oxygen atoms in total. The first-order chi connectivity index (χ1) is 17.2. The van der Waals surface area contributed by atoms with E-state index in [-0.39, 0.29) is 18.0 Å². The molecule has 0 bridgehead atoms. The fourth-order valence-corrected chi connectivity index (χ4v) is 4.25. The van der Waals surface area contributed by atoms with Crippen molar-refractivity contribution in [2.24, 2.45) is 0 Å². The summed E-state index contributed by atoms with van der Waals surface area (Å²) in [4.78, 5) is 11.8. The predicted molar refractivity (Wildman–Crippen MR) is 136 cm³/mol. The molecule has 0 spiro atoms. The number of hydrogen-bond donors (Lipinski definition) is 2. The van der Waals surface area contributed by atoms with Crippen molar-refractivity contribution < 1.29 is 32.2 Å². The normalized spacial score (nSPS) is 11.2. The summed E-state index contributed by atoms with van der Waals surface area (Å²) in [6.45, 7) is 2.65. The zero-order valence-corrected chi connectivity index (χ0v) is 21.1. The predicted octanol–water partition coefficient (Wildman–Crippen LogP) is 4.62. The van der Waals surface area contributed by atoms with Gasteiger partial charge in [-0.05, 0) is 54.3 Å². The van der Waals surface area contributed by atoms with Crippen molar-refractivity contribution in [3.05, 3.63) is 77.6 Å². The molecule has 0 aliphatic carbocycles. The van der Waals surface area contributed by atoms with Crippen molar-refractivity contribution in [2.75, 3.05) is 19.5 Å². The number of phenolic OH excluding ortho intramolecular Hbond substituents is 1. The van der Waals surface area contributed by atoms with Crippen LogP contribution in [0.5, 0.6) is 17.2 Å². The molecule has 3 aromatic rings. The molecule has 0 aromatic heterocycles. The fourth-order valence-electron chi connectivity index (χ4n) is 3.74. The van der Waals surface area contributed by atoms with Crippen LogP contribution in [0, 0.1) is 5.82 Å². The van der Waals surface area contributed by atoms with Crippen LogP contribution in [0.4, 0.5) is 4.39 Å². The first-order valence-corrected chi connectivity index (χ1v) is 13.5. The summed E-state index contributed by atoms with van der Waals surface area (Å²) in [6, 6.07) is 16.8. The summed E-state index contributed by atoms with van der Waals surface area (Å²) >= 11 is 0. The second-order valence-corrected chi connectivity index (χ2v) is 10.0. The molecule has 36 heavy (non-hydrogen) atoms. The van der Waals surface area contributed by atoms with Crippen LogP contribution < -0.4 is 14.2 Å². The number of rotatable bonds is 12. The van der Waals surface area contributed by atoms with Crippen molar-refractivity contribution in [2.45, 2.75) is 32.6 Å². The average molecular weight is 516 g/mol. The van der Waals surface area contributed by atoms with Gasteiger partial charge in [0.2, 0.25) is 15.9 Å². The zero-order chi connectivity index (χ0) is 26.1. The molecule has 0 radical (unpaired) electrons. The minimum Gasteiger partial charge on any atom is -0.507 e. The van der Waals surface area contributed by atoms with Crippen LogP contribution in [-0.4, -0.2) is 38.9 Å². The van der Waals surface area contributed by atoms with E-state index < -0.39 is 15.9 Å². The minimum atomic E-state index is -3.58. The molecule has 0 atom stereocenters. The number of hydrogen-bond acceptors (Lipinski definition) is 6. The highest BCUT2D eigenvalue weighted by Crippen LogP contribution is 2.38. The molecule has 2 N–H and O–H groups in total. The number of phenols is 1. The number of carbonyl (C=O) groups excluding carboxylic acids is 1. The van der Waals surface area contributed by atoms with E-state index in [1.54, 1.807) is 30.3 Å². The number of ether oxygens (including phenoxy) is 2. The van der Waals surface area contributed by atoms with Crippen LogP contribution in [0.15, 0.2) is 60.7 Å². The highest BCUT2D eigenvalue weighted by molar-refractivity contribution is 7.89. The van der Waals surface area contributed by atoms with E-state index in [0.717, 1.165) is 17.4 Å². The number of carbonyl (C=O) groups is 1. The van der Waals surface area contributed by atoms with Crippen LogP contribution >= 0.6 is 0 Å². The third-order valence-electron chi connectivity index (χ3n) is 5.45. The quantitative estimate of drug-likeness (QED) is 0.342. The molecular formula is C27H30FNO6S. The van der Waals surface area contributed by atoms with E-state index >= 15 is 0 Å². The van der Waals surface area contributed by atoms with Gasteiger partial charge in [0.1, 0.15) is 23.1 Å². The summed E-state index contributed by atoms with van der Waals surface area (Å²) in [7, 11) is -3.58. The standard InChI is InChI=1S/C27H30FNO6S/c1-3-22-25(15-14-23(27(22)31)19-9-12-21(28)13-10-19)35-18-6-17-34-24-8-5-4-7-20(24)11-16-26(30)29-36(2,32)33/h4-5,7-10,12-15,31H,3,6,11,16-18H2,1-2H3,(H,29,30). The van der Waals surface area contributed by atoms with Crippen LogP contribution in [0.2, 0.25) is 0 Å². The lowest BCUT2D eigenvalue weighted by Gasteiger charge is -2.16. The lowest BCUT2D eigenvalue weighted by Crippen LogP contribution is -2.29. The van der Waals surface area contributed by atoms with Gasteiger partial charge in [0, 0.05) is 24.0 Å². The first-order valence-electron chi connectivity index (χ1n) is 11.6. The Morgan fingerprint density at radius 3 is 2.31 bits per heavy atom. The maximum atomic E-state index is 13.2. The average Bonchev–Trinajstić information content (AvgIpc) is 2.83. The second kappa shape index (κ2) is 12.4. The lowest BCUT2D eigenvalue weighted by atomic mass is 9.99. The SMILES string of the molecule is CCc1c(OCCCOc2ccccc2CCC(=O)NS(C)(=O)=O)ccc(-c2ccc(F)cc2)c1O. The molecule has 9 heteroatoms. The van der Waals surface area contributed by atoms with Gasteiger partial charge in [-0.3, -0.25) is 9.52 Å². The summed E-state index contributed by atoms with van der Waals surface area (Å²) in [5.41, 5.74) is 2.81. The van der Waals surface area contributed by atoms with E-state index in [9.17, 15) is 22.7 Å². The maximum Gasteiger partial charge on any atom is 0.233 e. The molecule has 0 saturated carbocycles. The molecule has 0 heterocycles. The molecule has 1 amide bonds. The van der Waals surface area contributed by atoms with Gasteiger partial charge in [0.15, 0.2) is 0 Å². The molecular weight excluding hydrogens is 485 g/mol. The number of aryl methyl sites for hydroxylation is 1. The van der Waals surface area contributed by atoms with Gasteiger partial charge in [0.05, 0.1) is 19.5 Å². The molecule has 3 rings (SSSR count). The minimum absolute atomic E-state index is 0.0216. The van der Waals surface area contributed by atoms with Gasteiger partial charge < -0.3 is 14.6 Å². The van der Waals surface area contributed by atoms with E-state index in [1.807, 2.05) is 29.8 Å². The molecule has 0 aliphatic heterocycles. The Morgan fingerprint density at radius 1 is 0.972 bits per heavy atom. The molecule has 0 fully saturated rings. The van der Waals surface area contributed by atoms with Crippen molar-refractivity contribution in [3.8, 4) is 28.4 Å². The molecule has 192 valence electrons. The second-order valence-electron chi connectivity index (χ2n) is 8.25. The Labute approximate surface area is 210 Å². The van der Waals surface area contributed by atoms with Crippen LogP contribution in [0.25, 0.3) is 11.1 Å². The fraction of sp³-hybridized carbons (Fsp3) is 0.296. The molecule has 3 aromatic carbocycles. The molecule has 0 saturated heterocycles. The summed E-state index contributed by atoms with van der Waals surface area (Å²) < 4.78 is 49.3. The maximum absolute atomic E-state index is 13.2. The largest absolute Gasteiger partial charge is 0.507 e. The number of aromatic hydroxyl groups is 1. The van der Waals surface area contributed by atoms with Crippen LogP contribution in [0.3, 0.4) is 0 Å². The van der Waals surface area contributed by atoms with Gasteiger partial charge >= 0.3 is 0 Å². The number of para-hydroxylation sites is 1. The van der Waals surface area contributed by atoms with Crippen molar-refractivity contribution in [1.29, 1.82) is 0 Å². The van der Waals surface area contributed by atoms with Crippen molar-refractivity contribution in [3.63, 3.8) is 0 Å². The Kier molecular flexibility index (Phi) is 9.30. The monoisotopic (exact) mass is 515 g/mol. The number of amides is 1. The highest BCUT2D eigenvalue weighted by atomic mass is 32.2. The van der Waals surface area contributed by atoms with Gasteiger partial charge in [0.25, 0.3) is 0 Å². The van der Waals surface area contributed by atoms with Crippen molar-refractivity contribution in [1.82, 2.24) is 4.72 Å². The Bertz CT molecular complexity index is 1290. The number of halogens is 1. The van der Waals surface area contributed by atoms with Gasteiger partial charge in [-0.2, -0.15) is 0 Å². The van der Waals surface area contributed by atoms with E-state index in [0.29, 0.717) is 55.1 Å². The Morgan fingerprint density at radius 2 is 1.64 bits per heavy atom. The van der Waals surface area contributed by atoms with E-state index in [4.69, 9.17) is 9.47 Å². The number of benzene rings is 3. The van der Waals surface area contributed by atoms with E-state index in [2.05, 4.69) is 0 Å². The highest BCUT2D eigenvalue weighted by Gasteiger charge is 2.14. The van der Waals surface area contributed by atoms with Gasteiger partial charge in [-0.1, -0.05) is 37.3 Å². The molecule has 0 aliphatic rings. The smallest absolute Gasteiger partial charge is 0.233 e. The lowest BCUT2D eigenvalue weighted by molar-refractivity contribution is -0.119.